The van der Waals surface area contributed by atoms with Crippen molar-refractivity contribution < 1.29 is 4.74 Å². The number of ether oxygens (including phenoxy) is 1. The van der Waals surface area contributed by atoms with Crippen LogP contribution in [-0.4, -0.2) is 26.3 Å². The fraction of sp³-hybridized carbons (Fsp3) is 0.533. The third-order valence-electron chi connectivity index (χ3n) is 3.30. The van der Waals surface area contributed by atoms with E-state index >= 15 is 0 Å². The molecule has 0 N–H and O–H groups in total. The van der Waals surface area contributed by atoms with E-state index in [2.05, 4.69) is 24.8 Å². The first-order valence-electron chi connectivity index (χ1n) is 6.52. The van der Waals surface area contributed by atoms with Gasteiger partial charge in [0.25, 0.3) is 0 Å². The number of hydrogen-bond donors (Lipinski definition) is 0. The number of hydrogen-bond acceptors (Lipinski definition) is 3. The average Bonchev–Trinajstić information content (AvgIpc) is 2.47. The van der Waals surface area contributed by atoms with E-state index < -0.39 is 0 Å². The van der Waals surface area contributed by atoms with Gasteiger partial charge in [-0.1, -0.05) is 13.0 Å². The molecule has 19 heavy (non-hydrogen) atoms. The number of benzene rings is 1. The Labute approximate surface area is 120 Å². The predicted octanol–water partition coefficient (Wildman–Crippen LogP) is 3.55. The van der Waals surface area contributed by atoms with Crippen molar-refractivity contribution in [3.05, 3.63) is 29.3 Å². The van der Waals surface area contributed by atoms with E-state index in [1.54, 1.807) is 7.11 Å². The van der Waals surface area contributed by atoms with Gasteiger partial charge in [-0.3, -0.25) is 0 Å². The molecule has 0 bridgehead atoms. The van der Waals surface area contributed by atoms with Gasteiger partial charge in [0.15, 0.2) is 0 Å². The maximum absolute atomic E-state index is 9.32. The van der Waals surface area contributed by atoms with Crippen LogP contribution in [-0.2, 0) is 10.6 Å². The van der Waals surface area contributed by atoms with Gasteiger partial charge < -0.3 is 9.64 Å². The number of methoxy groups -OCH3 is 1. The molecular formula is C15H21ClN2O. The Balaban J connectivity index is 3.10. The predicted molar refractivity (Wildman–Crippen MR) is 79.7 cm³/mol. The van der Waals surface area contributed by atoms with E-state index in [1.807, 2.05) is 18.2 Å². The van der Waals surface area contributed by atoms with Gasteiger partial charge in [0.1, 0.15) is 6.07 Å². The zero-order valence-corrected chi connectivity index (χ0v) is 12.6. The minimum atomic E-state index is 0.365. The molecule has 104 valence electrons. The standard InChI is InChI=1S/C15H21ClN2O/c1-4-12(2)18(7-8-19-3)15-6-5-13(10-16)9-14(15)11-17/h5-6,9,12H,4,7-8,10H2,1-3H3. The third kappa shape index (κ3) is 4.12. The first-order valence-corrected chi connectivity index (χ1v) is 7.05. The molecule has 0 amide bonds. The Morgan fingerprint density at radius 3 is 2.74 bits per heavy atom. The van der Waals surface area contributed by atoms with Gasteiger partial charge in [0.05, 0.1) is 17.9 Å². The summed E-state index contributed by atoms with van der Waals surface area (Å²) in [5, 5.41) is 9.32. The second-order valence-electron chi connectivity index (χ2n) is 4.54. The van der Waals surface area contributed by atoms with E-state index in [0.717, 1.165) is 24.2 Å². The highest BCUT2D eigenvalue weighted by Crippen LogP contribution is 2.25. The quantitative estimate of drug-likeness (QED) is 0.717. The minimum Gasteiger partial charge on any atom is -0.383 e. The van der Waals surface area contributed by atoms with Crippen molar-refractivity contribution in [2.75, 3.05) is 25.2 Å². The topological polar surface area (TPSA) is 36.3 Å². The summed E-state index contributed by atoms with van der Waals surface area (Å²) in [6.07, 6.45) is 1.02. The molecule has 0 aliphatic rings. The largest absolute Gasteiger partial charge is 0.383 e. The number of rotatable bonds is 7. The van der Waals surface area contributed by atoms with Crippen LogP contribution < -0.4 is 4.90 Å². The Kier molecular flexibility index (Phi) is 6.69. The molecule has 0 fully saturated rings. The van der Waals surface area contributed by atoms with Crippen LogP contribution in [0.3, 0.4) is 0 Å². The first-order chi connectivity index (χ1) is 9.17. The molecule has 4 heteroatoms. The smallest absolute Gasteiger partial charge is 0.101 e. The number of nitrogens with zero attached hydrogens (tertiary/aromatic N) is 2. The fourth-order valence-electron chi connectivity index (χ4n) is 1.99. The summed E-state index contributed by atoms with van der Waals surface area (Å²) >= 11 is 5.82. The lowest BCUT2D eigenvalue weighted by Crippen LogP contribution is -2.36. The summed E-state index contributed by atoms with van der Waals surface area (Å²) in [5.74, 6) is 0.427. The summed E-state index contributed by atoms with van der Waals surface area (Å²) in [5.41, 5.74) is 2.61. The lowest BCUT2D eigenvalue weighted by molar-refractivity contribution is 0.203. The third-order valence-corrected chi connectivity index (χ3v) is 3.61. The molecule has 1 unspecified atom stereocenters. The summed E-state index contributed by atoms with van der Waals surface area (Å²) in [7, 11) is 1.69. The van der Waals surface area contributed by atoms with Crippen LogP contribution in [0.1, 0.15) is 31.4 Å². The summed E-state index contributed by atoms with van der Waals surface area (Å²) in [4.78, 5) is 2.22. The van der Waals surface area contributed by atoms with Gasteiger partial charge in [-0.05, 0) is 31.0 Å². The van der Waals surface area contributed by atoms with Crippen molar-refractivity contribution in [3.63, 3.8) is 0 Å². The SMILES string of the molecule is CCC(C)N(CCOC)c1ccc(CCl)cc1C#N. The van der Waals surface area contributed by atoms with Crippen molar-refractivity contribution in [1.29, 1.82) is 5.26 Å². The molecule has 0 saturated heterocycles. The molecule has 0 radical (unpaired) electrons. The molecule has 1 aromatic rings. The molecule has 1 rings (SSSR count). The van der Waals surface area contributed by atoms with Gasteiger partial charge in [-0.2, -0.15) is 5.26 Å². The highest BCUT2D eigenvalue weighted by atomic mass is 35.5. The van der Waals surface area contributed by atoms with Crippen molar-refractivity contribution in [3.8, 4) is 6.07 Å². The van der Waals surface area contributed by atoms with Gasteiger partial charge in [0, 0.05) is 25.6 Å². The average molecular weight is 281 g/mol. The van der Waals surface area contributed by atoms with Crippen molar-refractivity contribution >= 4 is 17.3 Å². The number of alkyl halides is 1. The van der Waals surface area contributed by atoms with Crippen molar-refractivity contribution in [2.45, 2.75) is 32.2 Å². The number of halogens is 1. The summed E-state index contributed by atoms with van der Waals surface area (Å²) in [6.45, 7) is 5.72. The Morgan fingerprint density at radius 1 is 1.47 bits per heavy atom. The number of nitriles is 1. The Bertz CT molecular complexity index is 442. The summed E-state index contributed by atoms with van der Waals surface area (Å²) in [6, 6.07) is 8.46. The van der Waals surface area contributed by atoms with E-state index in [-0.39, 0.29) is 0 Å². The lowest BCUT2D eigenvalue weighted by atomic mass is 10.1. The van der Waals surface area contributed by atoms with Gasteiger partial charge in [-0.15, -0.1) is 11.6 Å². The molecule has 0 saturated carbocycles. The molecule has 0 aromatic heterocycles. The van der Waals surface area contributed by atoms with E-state index in [4.69, 9.17) is 16.3 Å². The van der Waals surface area contributed by atoms with Gasteiger partial charge >= 0.3 is 0 Å². The number of anilines is 1. The lowest BCUT2D eigenvalue weighted by Gasteiger charge is -2.31. The van der Waals surface area contributed by atoms with E-state index in [1.165, 1.54) is 0 Å². The van der Waals surface area contributed by atoms with Crippen molar-refractivity contribution in [2.24, 2.45) is 0 Å². The van der Waals surface area contributed by atoms with Gasteiger partial charge in [0.2, 0.25) is 0 Å². The molecule has 1 aromatic carbocycles. The zero-order chi connectivity index (χ0) is 14.3. The van der Waals surface area contributed by atoms with E-state index in [9.17, 15) is 5.26 Å². The van der Waals surface area contributed by atoms with Crippen LogP contribution in [0.5, 0.6) is 0 Å². The van der Waals surface area contributed by atoms with Gasteiger partial charge in [-0.25, -0.2) is 0 Å². The van der Waals surface area contributed by atoms with Crippen LogP contribution in [0.2, 0.25) is 0 Å². The fourth-order valence-corrected chi connectivity index (χ4v) is 2.16. The Hall–Kier alpha value is -1.24. The molecule has 0 aliphatic carbocycles. The molecule has 0 spiro atoms. The van der Waals surface area contributed by atoms with E-state index in [0.29, 0.717) is 24.1 Å². The normalized spacial score (nSPS) is 11.9. The van der Waals surface area contributed by atoms with Crippen molar-refractivity contribution in [1.82, 2.24) is 0 Å². The monoisotopic (exact) mass is 280 g/mol. The Morgan fingerprint density at radius 2 is 2.21 bits per heavy atom. The maximum Gasteiger partial charge on any atom is 0.101 e. The zero-order valence-electron chi connectivity index (χ0n) is 11.8. The molecular weight excluding hydrogens is 260 g/mol. The van der Waals surface area contributed by atoms with Crippen LogP contribution in [0, 0.1) is 11.3 Å². The van der Waals surface area contributed by atoms with Crippen LogP contribution in [0.25, 0.3) is 0 Å². The minimum absolute atomic E-state index is 0.365. The van der Waals surface area contributed by atoms with Crippen LogP contribution in [0.4, 0.5) is 5.69 Å². The second-order valence-corrected chi connectivity index (χ2v) is 4.81. The second kappa shape index (κ2) is 8.04. The highest BCUT2D eigenvalue weighted by Gasteiger charge is 2.16. The summed E-state index contributed by atoms with van der Waals surface area (Å²) < 4.78 is 5.16. The highest BCUT2D eigenvalue weighted by molar-refractivity contribution is 6.17. The first kappa shape index (κ1) is 15.8. The maximum atomic E-state index is 9.32. The molecule has 0 heterocycles. The molecule has 0 aliphatic heterocycles. The van der Waals surface area contributed by atoms with Crippen LogP contribution >= 0.6 is 11.6 Å². The molecule has 1 atom stereocenters. The van der Waals surface area contributed by atoms with Crippen LogP contribution in [0.15, 0.2) is 18.2 Å². The molecule has 3 nitrogen and oxygen atoms in total.